The minimum absolute atomic E-state index is 0.121. The van der Waals surface area contributed by atoms with E-state index in [1.165, 1.54) is 11.1 Å². The molecule has 1 aliphatic rings. The molecule has 2 aromatic rings. The highest BCUT2D eigenvalue weighted by atomic mass is 19.1. The molecule has 0 fully saturated rings. The molecule has 0 saturated carbocycles. The lowest BCUT2D eigenvalue weighted by atomic mass is 9.97. The summed E-state index contributed by atoms with van der Waals surface area (Å²) in [5.41, 5.74) is 11.2. The van der Waals surface area contributed by atoms with E-state index in [2.05, 4.69) is 11.0 Å². The van der Waals surface area contributed by atoms with Crippen molar-refractivity contribution >= 4 is 5.69 Å². The van der Waals surface area contributed by atoms with Crippen LogP contribution in [0, 0.1) is 12.7 Å². The highest BCUT2D eigenvalue weighted by Crippen LogP contribution is 2.25. The summed E-state index contributed by atoms with van der Waals surface area (Å²) in [5, 5.41) is 0. The fraction of sp³-hybridized carbons (Fsp3) is 0.294. The molecule has 1 aliphatic heterocycles. The monoisotopic (exact) mass is 270 g/mol. The van der Waals surface area contributed by atoms with Gasteiger partial charge in [-0.25, -0.2) is 4.39 Å². The Morgan fingerprint density at radius 3 is 2.90 bits per heavy atom. The molecule has 3 rings (SSSR count). The molecule has 2 nitrogen and oxygen atoms in total. The molecule has 0 amide bonds. The second-order valence-corrected chi connectivity index (χ2v) is 5.53. The molecule has 0 radical (unpaired) electrons. The van der Waals surface area contributed by atoms with Gasteiger partial charge in [-0.15, -0.1) is 0 Å². The first-order valence-corrected chi connectivity index (χ1v) is 6.97. The number of halogens is 1. The summed E-state index contributed by atoms with van der Waals surface area (Å²) < 4.78 is 13.6. The molecule has 0 bridgehead atoms. The van der Waals surface area contributed by atoms with Crippen molar-refractivity contribution in [3.05, 3.63) is 64.5 Å². The lowest BCUT2D eigenvalue weighted by Crippen LogP contribution is -2.30. The van der Waals surface area contributed by atoms with E-state index in [1.54, 1.807) is 13.0 Å². The molecule has 0 spiro atoms. The predicted octanol–water partition coefficient (Wildman–Crippen LogP) is 3.27. The van der Waals surface area contributed by atoms with Gasteiger partial charge in [0.2, 0.25) is 0 Å². The molecule has 0 aromatic heterocycles. The predicted molar refractivity (Wildman–Crippen MR) is 79.8 cm³/mol. The van der Waals surface area contributed by atoms with E-state index >= 15 is 0 Å². The van der Waals surface area contributed by atoms with Crippen molar-refractivity contribution in [3.63, 3.8) is 0 Å². The highest BCUT2D eigenvalue weighted by Gasteiger charge is 2.18. The van der Waals surface area contributed by atoms with E-state index < -0.39 is 0 Å². The van der Waals surface area contributed by atoms with E-state index in [0.29, 0.717) is 5.56 Å². The number of nitrogens with zero attached hydrogens (tertiary/aromatic N) is 1. The van der Waals surface area contributed by atoms with Gasteiger partial charge in [0.1, 0.15) is 5.82 Å². The Morgan fingerprint density at radius 1 is 1.25 bits per heavy atom. The van der Waals surface area contributed by atoms with E-state index in [9.17, 15) is 4.39 Å². The zero-order valence-electron chi connectivity index (χ0n) is 11.7. The minimum atomic E-state index is -0.121. The van der Waals surface area contributed by atoms with Gasteiger partial charge in [0.15, 0.2) is 0 Å². The van der Waals surface area contributed by atoms with E-state index in [-0.39, 0.29) is 5.82 Å². The van der Waals surface area contributed by atoms with Gasteiger partial charge >= 0.3 is 0 Å². The van der Waals surface area contributed by atoms with Gasteiger partial charge in [-0.3, -0.25) is 4.90 Å². The third kappa shape index (κ3) is 2.54. The number of benzene rings is 2. The molecular weight excluding hydrogens is 251 g/mol. The van der Waals surface area contributed by atoms with Crippen molar-refractivity contribution < 1.29 is 4.39 Å². The van der Waals surface area contributed by atoms with Crippen molar-refractivity contribution in [2.24, 2.45) is 0 Å². The molecule has 0 saturated heterocycles. The van der Waals surface area contributed by atoms with E-state index in [0.717, 1.165) is 37.3 Å². The van der Waals surface area contributed by atoms with Crippen LogP contribution in [0.4, 0.5) is 10.1 Å². The maximum Gasteiger partial charge on any atom is 0.126 e. The summed E-state index contributed by atoms with van der Waals surface area (Å²) in [6, 6.07) is 11.6. The molecule has 1 heterocycles. The van der Waals surface area contributed by atoms with Crippen LogP contribution in [0.2, 0.25) is 0 Å². The molecular formula is C17H19FN2. The van der Waals surface area contributed by atoms with Gasteiger partial charge in [0, 0.05) is 25.3 Å². The molecule has 20 heavy (non-hydrogen) atoms. The molecule has 0 aliphatic carbocycles. The number of nitrogens with two attached hydrogens (primary N) is 1. The van der Waals surface area contributed by atoms with Crippen LogP contribution in [-0.2, 0) is 19.5 Å². The van der Waals surface area contributed by atoms with Crippen LogP contribution in [0.25, 0.3) is 0 Å². The Balaban J connectivity index is 1.76. The summed E-state index contributed by atoms with van der Waals surface area (Å²) in [4.78, 5) is 2.34. The van der Waals surface area contributed by atoms with Crippen molar-refractivity contribution in [2.75, 3.05) is 12.3 Å². The van der Waals surface area contributed by atoms with Crippen LogP contribution in [-0.4, -0.2) is 11.4 Å². The van der Waals surface area contributed by atoms with Gasteiger partial charge in [-0.05, 0) is 47.7 Å². The Kier molecular flexibility index (Phi) is 3.45. The van der Waals surface area contributed by atoms with Crippen LogP contribution >= 0.6 is 0 Å². The third-order valence-electron chi connectivity index (χ3n) is 4.02. The number of hydrogen-bond acceptors (Lipinski definition) is 2. The summed E-state index contributed by atoms with van der Waals surface area (Å²) in [7, 11) is 0. The highest BCUT2D eigenvalue weighted by molar-refractivity contribution is 5.51. The number of fused-ring (bicyclic) bond motifs is 1. The summed E-state index contributed by atoms with van der Waals surface area (Å²) in [6.45, 7) is 4.43. The smallest absolute Gasteiger partial charge is 0.126 e. The van der Waals surface area contributed by atoms with Crippen molar-refractivity contribution in [1.82, 2.24) is 4.90 Å². The number of aryl methyl sites for hydroxylation is 1. The Labute approximate surface area is 119 Å². The molecule has 2 N–H and O–H groups in total. The number of anilines is 1. The summed E-state index contributed by atoms with van der Waals surface area (Å²) in [6.07, 6.45) is 0.969. The maximum absolute atomic E-state index is 13.6. The van der Waals surface area contributed by atoms with Crippen LogP contribution in [0.3, 0.4) is 0 Å². The van der Waals surface area contributed by atoms with Crippen molar-refractivity contribution in [1.29, 1.82) is 0 Å². The SMILES string of the molecule is Cc1ccc(CN2CCc3c(N)cccc3C2)cc1F. The number of rotatable bonds is 2. The van der Waals surface area contributed by atoms with Gasteiger partial charge in [0.05, 0.1) is 0 Å². The average Bonchev–Trinajstić information content (AvgIpc) is 2.43. The third-order valence-corrected chi connectivity index (χ3v) is 4.02. The zero-order valence-corrected chi connectivity index (χ0v) is 11.7. The second kappa shape index (κ2) is 5.25. The summed E-state index contributed by atoms with van der Waals surface area (Å²) in [5.74, 6) is -0.121. The van der Waals surface area contributed by atoms with Crippen LogP contribution in [0.5, 0.6) is 0 Å². The van der Waals surface area contributed by atoms with Crippen LogP contribution in [0.15, 0.2) is 36.4 Å². The van der Waals surface area contributed by atoms with Gasteiger partial charge < -0.3 is 5.73 Å². The first-order chi connectivity index (χ1) is 9.63. The van der Waals surface area contributed by atoms with Gasteiger partial charge in [0.25, 0.3) is 0 Å². The van der Waals surface area contributed by atoms with Crippen LogP contribution in [0.1, 0.15) is 22.3 Å². The fourth-order valence-electron chi connectivity index (χ4n) is 2.83. The maximum atomic E-state index is 13.6. The fourth-order valence-corrected chi connectivity index (χ4v) is 2.83. The van der Waals surface area contributed by atoms with Crippen LogP contribution < -0.4 is 5.73 Å². The Hall–Kier alpha value is -1.87. The molecule has 0 atom stereocenters. The largest absolute Gasteiger partial charge is 0.398 e. The quantitative estimate of drug-likeness (QED) is 0.849. The Bertz CT molecular complexity index is 637. The lowest BCUT2D eigenvalue weighted by molar-refractivity contribution is 0.245. The molecule has 2 aromatic carbocycles. The second-order valence-electron chi connectivity index (χ2n) is 5.53. The molecule has 104 valence electrons. The minimum Gasteiger partial charge on any atom is -0.398 e. The topological polar surface area (TPSA) is 29.3 Å². The molecule has 0 unspecified atom stereocenters. The van der Waals surface area contributed by atoms with Gasteiger partial charge in [-0.2, -0.15) is 0 Å². The lowest BCUT2D eigenvalue weighted by Gasteiger charge is -2.29. The first-order valence-electron chi connectivity index (χ1n) is 6.97. The Morgan fingerprint density at radius 2 is 2.10 bits per heavy atom. The van der Waals surface area contributed by atoms with Crippen molar-refractivity contribution in [2.45, 2.75) is 26.4 Å². The standard InChI is InChI=1S/C17H19FN2/c1-12-5-6-13(9-16(12)18)10-20-8-7-15-14(11-20)3-2-4-17(15)19/h2-6,9H,7-8,10-11,19H2,1H3. The van der Waals surface area contributed by atoms with E-state index in [4.69, 9.17) is 5.73 Å². The zero-order chi connectivity index (χ0) is 14.1. The molecule has 3 heteroatoms. The number of hydrogen-bond donors (Lipinski definition) is 1. The average molecular weight is 270 g/mol. The summed E-state index contributed by atoms with van der Waals surface area (Å²) >= 11 is 0. The van der Waals surface area contributed by atoms with E-state index in [1.807, 2.05) is 24.3 Å². The van der Waals surface area contributed by atoms with Gasteiger partial charge in [-0.1, -0.05) is 24.3 Å². The van der Waals surface area contributed by atoms with Crippen molar-refractivity contribution in [3.8, 4) is 0 Å². The normalized spacial score (nSPS) is 15.1. The first kappa shape index (κ1) is 13.1. The number of nitrogen functional groups attached to an aromatic ring is 1.